The van der Waals surface area contributed by atoms with E-state index in [9.17, 15) is 0 Å². The Balaban J connectivity index is 1.92. The second-order valence-electron chi connectivity index (χ2n) is 4.82. The molecule has 1 aliphatic rings. The maximum Gasteiger partial charge on any atom is 0.0499 e. The number of allylic oxidation sites excluding steroid dienone is 2. The van der Waals surface area contributed by atoms with Gasteiger partial charge in [0, 0.05) is 13.2 Å². The van der Waals surface area contributed by atoms with Crippen LogP contribution in [0.2, 0.25) is 0 Å². The first-order valence-electron chi connectivity index (χ1n) is 6.78. The molecule has 0 spiro atoms. The van der Waals surface area contributed by atoms with E-state index in [-0.39, 0.29) is 0 Å². The van der Waals surface area contributed by atoms with Crippen molar-refractivity contribution < 1.29 is 4.74 Å². The molecule has 0 aromatic carbocycles. The summed E-state index contributed by atoms with van der Waals surface area (Å²) < 4.78 is 5.76. The van der Waals surface area contributed by atoms with Crippen molar-refractivity contribution in [2.75, 3.05) is 26.3 Å². The van der Waals surface area contributed by atoms with E-state index in [4.69, 9.17) is 4.74 Å². The van der Waals surface area contributed by atoms with Crippen LogP contribution in [0.4, 0.5) is 0 Å². The van der Waals surface area contributed by atoms with E-state index >= 15 is 0 Å². The average molecular weight is 225 g/mol. The molecule has 1 aliphatic carbocycles. The van der Waals surface area contributed by atoms with E-state index in [2.05, 4.69) is 31.3 Å². The van der Waals surface area contributed by atoms with Crippen molar-refractivity contribution in [3.63, 3.8) is 0 Å². The summed E-state index contributed by atoms with van der Waals surface area (Å²) in [6.07, 6.45) is 9.46. The fourth-order valence-corrected chi connectivity index (χ4v) is 2.10. The fourth-order valence-electron chi connectivity index (χ4n) is 2.10. The van der Waals surface area contributed by atoms with Gasteiger partial charge in [0.05, 0.1) is 0 Å². The molecule has 1 rings (SSSR count). The topological polar surface area (TPSA) is 21.3 Å². The maximum atomic E-state index is 5.76. The number of rotatable bonds is 8. The van der Waals surface area contributed by atoms with E-state index in [1.807, 2.05) is 0 Å². The molecular formula is C14H27NO. The van der Waals surface area contributed by atoms with Crippen molar-refractivity contribution in [1.82, 2.24) is 5.32 Å². The van der Waals surface area contributed by atoms with Crippen LogP contribution in [0, 0.1) is 11.8 Å². The van der Waals surface area contributed by atoms with Crippen molar-refractivity contribution in [3.05, 3.63) is 12.2 Å². The molecule has 94 valence electrons. The van der Waals surface area contributed by atoms with Gasteiger partial charge in [-0.3, -0.25) is 0 Å². The highest BCUT2D eigenvalue weighted by Gasteiger charge is 2.17. The molecular weight excluding hydrogens is 198 g/mol. The smallest absolute Gasteiger partial charge is 0.0499 e. The summed E-state index contributed by atoms with van der Waals surface area (Å²) in [5.41, 5.74) is 0. The van der Waals surface area contributed by atoms with Gasteiger partial charge in [0.2, 0.25) is 0 Å². The average Bonchev–Trinajstić information content (AvgIpc) is 2.30. The third kappa shape index (κ3) is 5.66. The molecule has 16 heavy (non-hydrogen) atoms. The van der Waals surface area contributed by atoms with Gasteiger partial charge in [0.15, 0.2) is 0 Å². The van der Waals surface area contributed by atoms with E-state index in [1.54, 1.807) is 0 Å². The Morgan fingerprint density at radius 3 is 2.81 bits per heavy atom. The Bertz CT molecular complexity index is 191. The summed E-state index contributed by atoms with van der Waals surface area (Å²) in [6.45, 7) is 8.57. The van der Waals surface area contributed by atoms with Crippen molar-refractivity contribution >= 4 is 0 Å². The number of nitrogens with one attached hydrogen (secondary N) is 1. The molecule has 0 bridgehead atoms. The van der Waals surface area contributed by atoms with Gasteiger partial charge in [-0.25, -0.2) is 0 Å². The Hall–Kier alpha value is -0.340. The lowest BCUT2D eigenvalue weighted by molar-refractivity contribution is 0.0768. The van der Waals surface area contributed by atoms with Crippen LogP contribution in [-0.4, -0.2) is 26.3 Å². The molecule has 0 aliphatic heterocycles. The largest absolute Gasteiger partial charge is 0.381 e. The van der Waals surface area contributed by atoms with Crippen LogP contribution in [0.15, 0.2) is 12.2 Å². The van der Waals surface area contributed by atoms with Gasteiger partial charge in [0.25, 0.3) is 0 Å². The summed E-state index contributed by atoms with van der Waals surface area (Å²) >= 11 is 0. The van der Waals surface area contributed by atoms with Crippen LogP contribution in [0.3, 0.4) is 0 Å². The molecule has 0 fully saturated rings. The summed E-state index contributed by atoms with van der Waals surface area (Å²) in [4.78, 5) is 0. The van der Waals surface area contributed by atoms with Gasteiger partial charge in [0.1, 0.15) is 0 Å². The fraction of sp³-hybridized carbons (Fsp3) is 0.857. The Kier molecular flexibility index (Phi) is 7.52. The summed E-state index contributed by atoms with van der Waals surface area (Å²) in [7, 11) is 0. The summed E-state index contributed by atoms with van der Waals surface area (Å²) in [5.74, 6) is 1.55. The number of hydrogen-bond donors (Lipinski definition) is 1. The van der Waals surface area contributed by atoms with Crippen LogP contribution in [0.25, 0.3) is 0 Å². The van der Waals surface area contributed by atoms with Gasteiger partial charge in [-0.05, 0) is 50.6 Å². The van der Waals surface area contributed by atoms with Gasteiger partial charge >= 0.3 is 0 Å². The molecule has 2 unspecified atom stereocenters. The molecule has 1 N–H and O–H groups in total. The monoisotopic (exact) mass is 225 g/mol. The third-order valence-corrected chi connectivity index (χ3v) is 3.39. The molecule has 2 heteroatoms. The standard InChI is InChI=1S/C14H27NO/c1-3-15-10-6-7-11-16-12-14-9-5-4-8-13(14)2/h4-5,13-15H,3,6-12H2,1-2H3. The van der Waals surface area contributed by atoms with E-state index < -0.39 is 0 Å². The zero-order valence-corrected chi connectivity index (χ0v) is 10.9. The molecule has 0 saturated carbocycles. The minimum absolute atomic E-state index is 0.749. The van der Waals surface area contributed by atoms with E-state index in [1.165, 1.54) is 25.7 Å². The van der Waals surface area contributed by atoms with Crippen LogP contribution >= 0.6 is 0 Å². The van der Waals surface area contributed by atoms with Crippen LogP contribution < -0.4 is 5.32 Å². The highest BCUT2D eigenvalue weighted by molar-refractivity contribution is 4.93. The lowest BCUT2D eigenvalue weighted by atomic mass is 9.85. The van der Waals surface area contributed by atoms with Gasteiger partial charge < -0.3 is 10.1 Å². The van der Waals surface area contributed by atoms with Crippen molar-refractivity contribution in [3.8, 4) is 0 Å². The first-order valence-corrected chi connectivity index (χ1v) is 6.78. The lowest BCUT2D eigenvalue weighted by Crippen LogP contribution is -2.20. The third-order valence-electron chi connectivity index (χ3n) is 3.39. The maximum absolute atomic E-state index is 5.76. The number of ether oxygens (including phenoxy) is 1. The molecule has 0 saturated heterocycles. The first kappa shape index (κ1) is 13.7. The Morgan fingerprint density at radius 2 is 2.06 bits per heavy atom. The highest BCUT2D eigenvalue weighted by Crippen LogP contribution is 2.24. The second kappa shape index (κ2) is 8.77. The highest BCUT2D eigenvalue weighted by atomic mass is 16.5. The van der Waals surface area contributed by atoms with E-state index in [0.717, 1.165) is 38.1 Å². The quantitative estimate of drug-likeness (QED) is 0.506. The minimum atomic E-state index is 0.749. The zero-order chi connectivity index (χ0) is 11.6. The Morgan fingerprint density at radius 1 is 1.25 bits per heavy atom. The van der Waals surface area contributed by atoms with Gasteiger partial charge in [-0.2, -0.15) is 0 Å². The normalized spacial score (nSPS) is 24.9. The predicted octanol–water partition coefficient (Wildman–Crippen LogP) is 3.00. The predicted molar refractivity (Wildman–Crippen MR) is 69.6 cm³/mol. The Labute approximate surface area is 100 Å². The molecule has 0 heterocycles. The molecule has 0 aromatic heterocycles. The van der Waals surface area contributed by atoms with Crippen LogP contribution in [0.5, 0.6) is 0 Å². The van der Waals surface area contributed by atoms with Crippen LogP contribution in [0.1, 0.15) is 39.5 Å². The van der Waals surface area contributed by atoms with Crippen molar-refractivity contribution in [2.45, 2.75) is 39.5 Å². The number of unbranched alkanes of at least 4 members (excludes halogenated alkanes) is 1. The molecule has 0 radical (unpaired) electrons. The zero-order valence-electron chi connectivity index (χ0n) is 10.9. The second-order valence-corrected chi connectivity index (χ2v) is 4.82. The van der Waals surface area contributed by atoms with Crippen molar-refractivity contribution in [2.24, 2.45) is 11.8 Å². The molecule has 2 nitrogen and oxygen atoms in total. The molecule has 2 atom stereocenters. The molecule has 0 aromatic rings. The first-order chi connectivity index (χ1) is 7.84. The summed E-state index contributed by atoms with van der Waals surface area (Å²) in [5, 5.41) is 3.33. The minimum Gasteiger partial charge on any atom is -0.381 e. The van der Waals surface area contributed by atoms with Gasteiger partial charge in [-0.1, -0.05) is 26.0 Å². The van der Waals surface area contributed by atoms with Gasteiger partial charge in [-0.15, -0.1) is 0 Å². The van der Waals surface area contributed by atoms with Crippen LogP contribution in [-0.2, 0) is 4.74 Å². The lowest BCUT2D eigenvalue weighted by Gasteiger charge is -2.24. The molecule has 0 amide bonds. The summed E-state index contributed by atoms with van der Waals surface area (Å²) in [6, 6.07) is 0. The van der Waals surface area contributed by atoms with E-state index in [0.29, 0.717) is 0 Å². The SMILES string of the molecule is CCNCCCCOCC1CC=CCC1C. The number of hydrogen-bond acceptors (Lipinski definition) is 2. The van der Waals surface area contributed by atoms with Crippen molar-refractivity contribution in [1.29, 1.82) is 0 Å².